The highest BCUT2D eigenvalue weighted by molar-refractivity contribution is 5.51. The Balaban J connectivity index is 2.48. The second-order valence-corrected chi connectivity index (χ2v) is 3.59. The number of rotatable bonds is 6. The van der Waals surface area contributed by atoms with Crippen LogP contribution in [0.3, 0.4) is 0 Å². The summed E-state index contributed by atoms with van der Waals surface area (Å²) in [5, 5.41) is 18.1. The van der Waals surface area contributed by atoms with Crippen LogP contribution in [0.25, 0.3) is 6.08 Å². The fourth-order valence-corrected chi connectivity index (χ4v) is 1.33. The molecule has 1 atom stereocenters. The van der Waals surface area contributed by atoms with Gasteiger partial charge in [0.2, 0.25) is 0 Å². The van der Waals surface area contributed by atoms with Gasteiger partial charge in [-0.25, -0.2) is 0 Å². The highest BCUT2D eigenvalue weighted by atomic mass is 16.5. The molecule has 0 amide bonds. The summed E-state index contributed by atoms with van der Waals surface area (Å²) in [5.74, 6) is 0.813. The van der Waals surface area contributed by atoms with Crippen molar-refractivity contribution in [3.63, 3.8) is 0 Å². The minimum Gasteiger partial charge on any atom is -0.497 e. The summed E-state index contributed by atoms with van der Waals surface area (Å²) >= 11 is 0. The Labute approximate surface area is 102 Å². The smallest absolute Gasteiger partial charge is 0.118 e. The minimum atomic E-state index is -0.528. The lowest BCUT2D eigenvalue weighted by Crippen LogP contribution is -1.99. The maximum Gasteiger partial charge on any atom is 0.118 e. The summed E-state index contributed by atoms with van der Waals surface area (Å²) < 4.78 is 5.05. The molecule has 0 fully saturated rings. The molecule has 0 aliphatic carbocycles. The first-order chi connectivity index (χ1) is 8.26. The van der Waals surface area contributed by atoms with Gasteiger partial charge in [0.05, 0.1) is 19.8 Å². The molecule has 1 aromatic carbocycles. The Kier molecular flexibility index (Phi) is 6.07. The standard InChI is InChI=1S/C14H18O3/c1-17-14-9-6-12(7-10-14)5-8-13(16)4-2-3-11-15/h2-3,5-10,13,15-16H,4,11H2,1H3/b3-2-,8-5+/t13-/m1/s1. The molecule has 0 heterocycles. The van der Waals surface area contributed by atoms with E-state index in [0.717, 1.165) is 11.3 Å². The van der Waals surface area contributed by atoms with Gasteiger partial charge in [0.1, 0.15) is 5.75 Å². The SMILES string of the molecule is COc1ccc(/C=C/[C@H](O)C/C=C\CO)cc1. The third-order valence-electron chi connectivity index (χ3n) is 2.28. The Morgan fingerprint density at radius 1 is 1.24 bits per heavy atom. The van der Waals surface area contributed by atoms with Gasteiger partial charge in [-0.2, -0.15) is 0 Å². The van der Waals surface area contributed by atoms with Crippen LogP contribution in [-0.2, 0) is 0 Å². The molecule has 0 aromatic heterocycles. The fraction of sp³-hybridized carbons (Fsp3) is 0.286. The first-order valence-electron chi connectivity index (χ1n) is 5.52. The van der Waals surface area contributed by atoms with Gasteiger partial charge in [-0.05, 0) is 24.1 Å². The van der Waals surface area contributed by atoms with Crippen molar-refractivity contribution in [2.24, 2.45) is 0 Å². The van der Waals surface area contributed by atoms with Crippen LogP contribution in [0, 0.1) is 0 Å². The zero-order valence-corrected chi connectivity index (χ0v) is 9.91. The molecule has 0 aliphatic rings. The average molecular weight is 234 g/mol. The van der Waals surface area contributed by atoms with Crippen molar-refractivity contribution in [3.8, 4) is 5.75 Å². The van der Waals surface area contributed by atoms with Gasteiger partial charge < -0.3 is 14.9 Å². The number of methoxy groups -OCH3 is 1. The predicted molar refractivity (Wildman–Crippen MR) is 68.9 cm³/mol. The summed E-state index contributed by atoms with van der Waals surface area (Å²) in [6.45, 7) is 0.00884. The number of aliphatic hydroxyl groups excluding tert-OH is 2. The van der Waals surface area contributed by atoms with Gasteiger partial charge in [-0.1, -0.05) is 36.4 Å². The third kappa shape index (κ3) is 5.33. The van der Waals surface area contributed by atoms with Crippen LogP contribution in [0.15, 0.2) is 42.5 Å². The van der Waals surface area contributed by atoms with Gasteiger partial charge >= 0.3 is 0 Å². The zero-order valence-electron chi connectivity index (χ0n) is 9.91. The molecule has 0 saturated carbocycles. The number of ether oxygens (including phenoxy) is 1. The largest absolute Gasteiger partial charge is 0.497 e. The molecule has 0 unspecified atom stereocenters. The van der Waals surface area contributed by atoms with E-state index in [4.69, 9.17) is 9.84 Å². The van der Waals surface area contributed by atoms with Gasteiger partial charge in [-0.3, -0.25) is 0 Å². The van der Waals surface area contributed by atoms with E-state index in [9.17, 15) is 5.11 Å². The van der Waals surface area contributed by atoms with Crippen LogP contribution in [0.5, 0.6) is 5.75 Å². The van der Waals surface area contributed by atoms with Crippen LogP contribution in [-0.4, -0.2) is 30.0 Å². The highest BCUT2D eigenvalue weighted by Crippen LogP contribution is 2.12. The molecule has 0 spiro atoms. The minimum absolute atomic E-state index is 0.00884. The van der Waals surface area contributed by atoms with E-state index in [1.807, 2.05) is 30.3 Å². The van der Waals surface area contributed by atoms with E-state index in [0.29, 0.717) is 6.42 Å². The van der Waals surface area contributed by atoms with Crippen molar-refractivity contribution >= 4 is 6.08 Å². The molecule has 0 aliphatic heterocycles. The average Bonchev–Trinajstić information content (AvgIpc) is 2.37. The van der Waals surface area contributed by atoms with Gasteiger partial charge in [-0.15, -0.1) is 0 Å². The summed E-state index contributed by atoms with van der Waals surface area (Å²) in [6.07, 6.45) is 6.93. The van der Waals surface area contributed by atoms with Crippen LogP contribution < -0.4 is 4.74 Å². The number of benzene rings is 1. The first kappa shape index (κ1) is 13.5. The topological polar surface area (TPSA) is 49.7 Å². The Bertz CT molecular complexity index is 366. The lowest BCUT2D eigenvalue weighted by atomic mass is 10.1. The first-order valence-corrected chi connectivity index (χ1v) is 5.52. The molecule has 3 heteroatoms. The Morgan fingerprint density at radius 2 is 1.94 bits per heavy atom. The van der Waals surface area contributed by atoms with Crippen molar-refractivity contribution in [1.29, 1.82) is 0 Å². The molecule has 92 valence electrons. The highest BCUT2D eigenvalue weighted by Gasteiger charge is 1.95. The van der Waals surface area contributed by atoms with Gasteiger partial charge in [0, 0.05) is 0 Å². The second kappa shape index (κ2) is 7.65. The summed E-state index contributed by atoms with van der Waals surface area (Å²) in [7, 11) is 1.63. The lowest BCUT2D eigenvalue weighted by molar-refractivity contribution is 0.227. The number of aliphatic hydroxyl groups is 2. The predicted octanol–water partition coefficient (Wildman–Crippen LogP) is 2.01. The van der Waals surface area contributed by atoms with Gasteiger partial charge in [0.25, 0.3) is 0 Å². The van der Waals surface area contributed by atoms with Crippen molar-refractivity contribution in [2.45, 2.75) is 12.5 Å². The second-order valence-electron chi connectivity index (χ2n) is 3.59. The molecule has 1 aromatic rings. The van der Waals surface area contributed by atoms with E-state index in [2.05, 4.69) is 0 Å². The summed E-state index contributed by atoms with van der Waals surface area (Å²) in [5.41, 5.74) is 1.01. The quantitative estimate of drug-likeness (QED) is 0.740. The molecule has 3 nitrogen and oxygen atoms in total. The van der Waals surface area contributed by atoms with Crippen LogP contribution in [0.4, 0.5) is 0 Å². The molecule has 0 bridgehead atoms. The molecule has 17 heavy (non-hydrogen) atoms. The van der Waals surface area contributed by atoms with Crippen LogP contribution in [0.2, 0.25) is 0 Å². The maximum absolute atomic E-state index is 9.59. The molecule has 2 N–H and O–H groups in total. The van der Waals surface area contributed by atoms with E-state index in [1.54, 1.807) is 25.3 Å². The zero-order chi connectivity index (χ0) is 12.5. The van der Waals surface area contributed by atoms with E-state index in [1.165, 1.54) is 0 Å². The van der Waals surface area contributed by atoms with Crippen molar-refractivity contribution < 1.29 is 14.9 Å². The normalized spacial score (nSPS) is 13.4. The van der Waals surface area contributed by atoms with Crippen LogP contribution >= 0.6 is 0 Å². The van der Waals surface area contributed by atoms with Crippen molar-refractivity contribution in [3.05, 3.63) is 48.1 Å². The number of hydrogen-bond acceptors (Lipinski definition) is 3. The fourth-order valence-electron chi connectivity index (χ4n) is 1.33. The Hall–Kier alpha value is -1.58. The van der Waals surface area contributed by atoms with Gasteiger partial charge in [0.15, 0.2) is 0 Å². The monoisotopic (exact) mass is 234 g/mol. The van der Waals surface area contributed by atoms with Crippen LogP contribution in [0.1, 0.15) is 12.0 Å². The Morgan fingerprint density at radius 3 is 2.53 bits per heavy atom. The lowest BCUT2D eigenvalue weighted by Gasteiger charge is -2.02. The summed E-state index contributed by atoms with van der Waals surface area (Å²) in [4.78, 5) is 0. The van der Waals surface area contributed by atoms with Crippen molar-refractivity contribution in [1.82, 2.24) is 0 Å². The van der Waals surface area contributed by atoms with E-state index in [-0.39, 0.29) is 6.61 Å². The molecular weight excluding hydrogens is 216 g/mol. The van der Waals surface area contributed by atoms with E-state index < -0.39 is 6.10 Å². The molecule has 0 radical (unpaired) electrons. The van der Waals surface area contributed by atoms with Crippen molar-refractivity contribution in [2.75, 3.05) is 13.7 Å². The summed E-state index contributed by atoms with van der Waals surface area (Å²) in [6, 6.07) is 7.59. The third-order valence-corrected chi connectivity index (χ3v) is 2.28. The molecule has 1 rings (SSSR count). The molecule has 0 saturated heterocycles. The maximum atomic E-state index is 9.59. The number of hydrogen-bond donors (Lipinski definition) is 2. The molecular formula is C14H18O3. The van der Waals surface area contributed by atoms with E-state index >= 15 is 0 Å².